The fraction of sp³-hybridized carbons (Fsp3) is 0.333. The van der Waals surface area contributed by atoms with Crippen LogP contribution in [-0.2, 0) is 30.7 Å². The van der Waals surface area contributed by atoms with Crippen molar-refractivity contribution in [3.8, 4) is 11.1 Å². The fourth-order valence-corrected chi connectivity index (χ4v) is 4.17. The Hall–Kier alpha value is -1.53. The van der Waals surface area contributed by atoms with Crippen LogP contribution >= 0.6 is 24.8 Å². The number of allylic oxidation sites excluding steroid dienone is 4. The maximum absolute atomic E-state index is 3.54. The van der Waals surface area contributed by atoms with E-state index in [0.29, 0.717) is 11.3 Å². The van der Waals surface area contributed by atoms with Gasteiger partial charge in [-0.1, -0.05) is 77.5 Å². The monoisotopic (exact) mass is 638 g/mol. The summed E-state index contributed by atoms with van der Waals surface area (Å²) in [5.74, 6) is 0.522. The van der Waals surface area contributed by atoms with Crippen molar-refractivity contribution in [2.45, 2.75) is 68.7 Å². The van der Waals surface area contributed by atoms with Gasteiger partial charge in [-0.3, -0.25) is 6.08 Å². The smallest absolute Gasteiger partial charge is 0.358 e. The minimum absolute atomic E-state index is 0. The van der Waals surface area contributed by atoms with Crippen LogP contribution < -0.4 is 0 Å². The van der Waals surface area contributed by atoms with Crippen molar-refractivity contribution < 1.29 is 24.2 Å². The number of halogens is 2. The van der Waals surface area contributed by atoms with Crippen LogP contribution in [0.4, 0.5) is 0 Å². The summed E-state index contributed by atoms with van der Waals surface area (Å²) in [6.07, 6.45) is 8.70. The van der Waals surface area contributed by atoms with E-state index in [4.69, 9.17) is 0 Å². The van der Waals surface area contributed by atoms with Crippen LogP contribution in [0.25, 0.3) is 11.1 Å². The van der Waals surface area contributed by atoms with Crippen LogP contribution in [0.1, 0.15) is 66.6 Å². The van der Waals surface area contributed by atoms with Gasteiger partial charge in [0, 0.05) is 0 Å². The van der Waals surface area contributed by atoms with E-state index in [1.807, 2.05) is 24.3 Å². The molecule has 0 nitrogen and oxygen atoms in total. The molecule has 2 aliphatic carbocycles. The van der Waals surface area contributed by atoms with E-state index >= 15 is 0 Å². The minimum Gasteiger partial charge on any atom is -0.358 e. The Kier molecular flexibility index (Phi) is 18.3. The van der Waals surface area contributed by atoms with Gasteiger partial charge in [-0.25, -0.2) is 6.08 Å². The molecule has 0 heterocycles. The molecule has 212 valence electrons. The molecule has 3 heteroatoms. The van der Waals surface area contributed by atoms with E-state index in [0.717, 1.165) is 6.42 Å². The number of rotatable bonds is 0. The maximum Gasteiger partial charge on any atom is -0.358 e. The summed E-state index contributed by atoms with van der Waals surface area (Å²) in [5.41, 5.74) is 14.1. The number of benzene rings is 3. The third-order valence-electron chi connectivity index (χ3n) is 6.68. The number of hydrogen-bond donors (Lipinski definition) is 0. The SMILES string of the molecule is CC1[C-]=CC(C(C)(C)C)=C1.Cc1[c-]c2c(cc1C)-c1cc(C)c(C)cc1C2.Cc1cc[c-]cc1.Cl.Cl.[CH2]=[Zr].[CH3-]. The molecule has 1 unspecified atom stereocenters. The van der Waals surface area contributed by atoms with Crippen molar-refractivity contribution in [3.05, 3.63) is 125 Å². The average Bonchev–Trinajstić information content (AvgIpc) is 3.41. The summed E-state index contributed by atoms with van der Waals surface area (Å²) in [6, 6.07) is 21.3. The first-order chi connectivity index (χ1) is 17.0. The summed E-state index contributed by atoms with van der Waals surface area (Å²) in [7, 11) is 0. The Balaban J connectivity index is 0. The Morgan fingerprint density at radius 2 is 1.38 bits per heavy atom. The largest absolute Gasteiger partial charge is 0.358 e. The molecule has 0 aliphatic heterocycles. The van der Waals surface area contributed by atoms with Crippen molar-refractivity contribution in [1.82, 2.24) is 0 Å². The molecule has 3 aromatic rings. The van der Waals surface area contributed by atoms with E-state index in [1.165, 1.54) is 79.9 Å². The third-order valence-corrected chi connectivity index (χ3v) is 6.68. The van der Waals surface area contributed by atoms with Crippen molar-refractivity contribution in [3.63, 3.8) is 0 Å². The van der Waals surface area contributed by atoms with Crippen molar-refractivity contribution in [2.75, 3.05) is 0 Å². The van der Waals surface area contributed by atoms with Gasteiger partial charge in [0.25, 0.3) is 0 Å². The second-order valence-corrected chi connectivity index (χ2v) is 10.8. The van der Waals surface area contributed by atoms with Gasteiger partial charge in [0.2, 0.25) is 0 Å². The summed E-state index contributed by atoms with van der Waals surface area (Å²) in [4.78, 5) is 0. The standard InChI is InChI=1S/C17H17.C10H15.C7H7.CH3.CH2.2ClH.Zr/c1-10-5-14-9-15-6-11(2)13(4)8-17(15)16(14)7-12(10)3;1-8-5-6-9(7-8)10(2,3)4;1-7-5-3-2-4-6-7;;;;;/h5,7-8H,9H2,1-4H3;6-8H,1-4H3;3-6H,1H3;1H3;1H2;2*1H;/q4*-1;;;;. The summed E-state index contributed by atoms with van der Waals surface area (Å²) >= 11 is 1.30. The Bertz CT molecular complexity index is 1180. The predicted molar refractivity (Wildman–Crippen MR) is 175 cm³/mol. The topological polar surface area (TPSA) is 0 Å². The quantitative estimate of drug-likeness (QED) is 0.168. The van der Waals surface area contributed by atoms with E-state index in [1.54, 1.807) is 0 Å². The van der Waals surface area contributed by atoms with Crippen LogP contribution in [0.3, 0.4) is 0 Å². The van der Waals surface area contributed by atoms with Crippen LogP contribution in [0.15, 0.2) is 60.2 Å². The van der Waals surface area contributed by atoms with E-state index in [2.05, 4.69) is 115 Å². The van der Waals surface area contributed by atoms with Gasteiger partial charge < -0.3 is 7.43 Å². The van der Waals surface area contributed by atoms with Crippen molar-refractivity contribution in [1.29, 1.82) is 0 Å². The molecule has 1 atom stereocenters. The third kappa shape index (κ3) is 11.5. The van der Waals surface area contributed by atoms with Gasteiger partial charge in [0.05, 0.1) is 0 Å². The molecule has 39 heavy (non-hydrogen) atoms. The molecule has 0 fully saturated rings. The first-order valence-electron chi connectivity index (χ1n) is 12.7. The zero-order valence-corrected chi connectivity index (χ0v) is 29.6. The molecule has 5 rings (SSSR count). The molecule has 0 saturated carbocycles. The summed E-state index contributed by atoms with van der Waals surface area (Å²) in [5, 5.41) is 0. The second-order valence-electron chi connectivity index (χ2n) is 10.8. The number of hydrogen-bond acceptors (Lipinski definition) is 0. The number of fused-ring (bicyclic) bond motifs is 3. The molecular weight excluding hydrogens is 595 g/mol. The fourth-order valence-electron chi connectivity index (χ4n) is 4.17. The molecule has 0 spiro atoms. The first-order valence-corrected chi connectivity index (χ1v) is 14.4. The first kappa shape index (κ1) is 39.6. The summed E-state index contributed by atoms with van der Waals surface area (Å²) in [6.45, 7) is 19.6. The van der Waals surface area contributed by atoms with Crippen LogP contribution in [0.5, 0.6) is 0 Å². The van der Waals surface area contributed by atoms with Gasteiger partial charge in [-0.05, 0) is 37.0 Å². The van der Waals surface area contributed by atoms with E-state index in [9.17, 15) is 0 Å². The molecule has 0 radical (unpaired) electrons. The molecule has 0 bridgehead atoms. The maximum atomic E-state index is 3.54. The second kappa shape index (κ2) is 18.0. The molecule has 0 saturated heterocycles. The molecule has 3 aromatic carbocycles. The zero-order chi connectivity index (χ0) is 27.0. The van der Waals surface area contributed by atoms with Crippen molar-refractivity contribution in [2.24, 2.45) is 11.3 Å². The van der Waals surface area contributed by atoms with Crippen LogP contribution in [0, 0.1) is 71.6 Å². The Morgan fingerprint density at radius 3 is 1.82 bits per heavy atom. The van der Waals surface area contributed by atoms with Gasteiger partial charge in [-0.2, -0.15) is 70.8 Å². The van der Waals surface area contributed by atoms with Gasteiger partial charge in [-0.15, -0.1) is 35.9 Å². The molecular formula is C36H46Cl2Zr-4. The van der Waals surface area contributed by atoms with Gasteiger partial charge >= 0.3 is 28.4 Å². The minimum atomic E-state index is 0. The number of aryl methyl sites for hydroxylation is 5. The summed E-state index contributed by atoms with van der Waals surface area (Å²) < 4.78 is 3.34. The molecule has 0 N–H and O–H groups in total. The zero-order valence-electron chi connectivity index (χ0n) is 25.5. The predicted octanol–water partition coefficient (Wildman–Crippen LogP) is 10.3. The van der Waals surface area contributed by atoms with Crippen LogP contribution in [0.2, 0.25) is 0 Å². The Morgan fingerprint density at radius 1 is 0.846 bits per heavy atom. The van der Waals surface area contributed by atoms with E-state index < -0.39 is 0 Å². The normalized spacial score (nSPS) is 13.5. The van der Waals surface area contributed by atoms with Crippen LogP contribution in [-0.4, -0.2) is 4.21 Å². The van der Waals surface area contributed by atoms with Gasteiger partial charge in [0.15, 0.2) is 0 Å². The average molecular weight is 641 g/mol. The molecule has 0 aromatic heterocycles. The Labute approximate surface area is 267 Å². The van der Waals surface area contributed by atoms with Crippen molar-refractivity contribution >= 4 is 29.0 Å². The molecule has 2 aliphatic rings. The molecule has 0 amide bonds. The van der Waals surface area contributed by atoms with E-state index in [-0.39, 0.29) is 32.2 Å². The van der Waals surface area contributed by atoms with Gasteiger partial charge in [0.1, 0.15) is 0 Å².